The second kappa shape index (κ2) is 8.09. The fraction of sp³-hybridized carbons (Fsp3) is 0.167. The smallest absolute Gasteiger partial charge is 0.269 e. The van der Waals surface area contributed by atoms with Crippen LogP contribution >= 0.6 is 15.9 Å². The van der Waals surface area contributed by atoms with Crippen molar-refractivity contribution in [3.8, 4) is 0 Å². The summed E-state index contributed by atoms with van der Waals surface area (Å²) in [5.41, 5.74) is 0.824. The van der Waals surface area contributed by atoms with Crippen LogP contribution in [-0.2, 0) is 4.79 Å². The van der Waals surface area contributed by atoms with E-state index in [4.69, 9.17) is 0 Å². The molecule has 2 aromatic rings. The summed E-state index contributed by atoms with van der Waals surface area (Å²) < 4.78 is 0.678. The average Bonchev–Trinajstić information content (AvgIpc) is 2.90. The Balaban J connectivity index is 1.47. The summed E-state index contributed by atoms with van der Waals surface area (Å²) in [5.74, 6) is -1.84. The number of carbonyl (C=O) groups is 4. The molecular weight excluding hydrogens is 416 g/mol. The summed E-state index contributed by atoms with van der Waals surface area (Å²) in [5, 5.41) is 5.18. The molecule has 3 rings (SSSR count). The quantitative estimate of drug-likeness (QED) is 0.524. The van der Waals surface area contributed by atoms with Gasteiger partial charge in [-0.3, -0.25) is 29.1 Å². The number of benzene rings is 1. The maximum Gasteiger partial charge on any atom is 0.269 e. The molecule has 0 spiro atoms. The van der Waals surface area contributed by atoms with E-state index in [-0.39, 0.29) is 42.4 Å². The third-order valence-corrected chi connectivity index (χ3v) is 4.36. The first-order valence-electron chi connectivity index (χ1n) is 8.09. The summed E-state index contributed by atoms with van der Waals surface area (Å²) in [7, 11) is 0. The minimum absolute atomic E-state index is 0.159. The predicted molar refractivity (Wildman–Crippen MR) is 99.1 cm³/mol. The van der Waals surface area contributed by atoms with Crippen LogP contribution in [0.2, 0.25) is 0 Å². The van der Waals surface area contributed by atoms with E-state index in [9.17, 15) is 19.2 Å². The molecule has 0 fully saturated rings. The number of amides is 4. The molecule has 1 aromatic carbocycles. The van der Waals surface area contributed by atoms with Crippen molar-refractivity contribution in [2.24, 2.45) is 0 Å². The number of rotatable bonds is 6. The number of hydrogen-bond donors (Lipinski definition) is 2. The number of hydrogen-bond acceptors (Lipinski definition) is 5. The summed E-state index contributed by atoms with van der Waals surface area (Å²) >= 11 is 3.25. The van der Waals surface area contributed by atoms with Gasteiger partial charge in [0.2, 0.25) is 5.91 Å². The lowest BCUT2D eigenvalue weighted by molar-refractivity contribution is -0.121. The van der Waals surface area contributed by atoms with E-state index in [1.807, 2.05) is 0 Å². The number of pyridine rings is 1. The number of imide groups is 1. The van der Waals surface area contributed by atoms with E-state index < -0.39 is 17.7 Å². The second-order valence-electron chi connectivity index (χ2n) is 5.71. The molecule has 0 bridgehead atoms. The molecule has 2 heterocycles. The molecule has 1 aliphatic rings. The predicted octanol–water partition coefficient (Wildman–Crippen LogP) is 0.986. The van der Waals surface area contributed by atoms with Crippen molar-refractivity contribution in [2.75, 3.05) is 19.6 Å². The highest BCUT2D eigenvalue weighted by Gasteiger charge is 2.36. The minimum Gasteiger partial charge on any atom is -0.353 e. The zero-order valence-electron chi connectivity index (χ0n) is 14.1. The number of aromatic nitrogens is 1. The number of carbonyl (C=O) groups excluding carboxylic acids is 4. The van der Waals surface area contributed by atoms with Crippen LogP contribution in [0.1, 0.15) is 31.2 Å². The molecule has 0 saturated carbocycles. The molecular formula is C18H15BrN4O4. The number of halogens is 1. The third-order valence-electron chi connectivity index (χ3n) is 3.86. The lowest BCUT2D eigenvalue weighted by atomic mass is 10.1. The highest BCUT2D eigenvalue weighted by molar-refractivity contribution is 9.10. The van der Waals surface area contributed by atoms with Crippen LogP contribution in [0, 0.1) is 0 Å². The highest BCUT2D eigenvalue weighted by atomic mass is 79.9. The number of nitrogens with zero attached hydrogens (tertiary/aromatic N) is 2. The first-order valence-corrected chi connectivity index (χ1v) is 8.88. The molecule has 9 heteroatoms. The molecule has 0 aliphatic carbocycles. The van der Waals surface area contributed by atoms with E-state index in [2.05, 4.69) is 31.5 Å². The zero-order valence-corrected chi connectivity index (χ0v) is 15.7. The fourth-order valence-electron chi connectivity index (χ4n) is 2.57. The Morgan fingerprint density at radius 1 is 1.00 bits per heavy atom. The molecule has 0 atom stereocenters. The summed E-state index contributed by atoms with van der Waals surface area (Å²) in [6, 6.07) is 9.75. The van der Waals surface area contributed by atoms with Gasteiger partial charge < -0.3 is 10.6 Å². The normalized spacial score (nSPS) is 12.7. The van der Waals surface area contributed by atoms with Crippen molar-refractivity contribution >= 4 is 39.6 Å². The maximum absolute atomic E-state index is 12.3. The molecule has 1 aromatic heterocycles. The van der Waals surface area contributed by atoms with Crippen LogP contribution < -0.4 is 10.6 Å². The van der Waals surface area contributed by atoms with Gasteiger partial charge in [-0.2, -0.15) is 0 Å². The van der Waals surface area contributed by atoms with Crippen LogP contribution in [-0.4, -0.2) is 53.1 Å². The topological polar surface area (TPSA) is 108 Å². The Bertz CT molecular complexity index is 917. The van der Waals surface area contributed by atoms with Gasteiger partial charge in [0, 0.05) is 23.8 Å². The van der Waals surface area contributed by atoms with Crippen molar-refractivity contribution in [3.63, 3.8) is 0 Å². The Labute approximate surface area is 163 Å². The summed E-state index contributed by atoms with van der Waals surface area (Å²) in [6.45, 7) is -0.0273. The van der Waals surface area contributed by atoms with Gasteiger partial charge in [0.25, 0.3) is 17.7 Å². The van der Waals surface area contributed by atoms with Crippen LogP contribution in [0.3, 0.4) is 0 Å². The van der Waals surface area contributed by atoms with Gasteiger partial charge in [-0.25, -0.2) is 0 Å². The molecule has 4 amide bonds. The number of fused-ring (bicyclic) bond motifs is 1. The Hall–Kier alpha value is -3.07. The second-order valence-corrected chi connectivity index (χ2v) is 6.62. The van der Waals surface area contributed by atoms with Crippen molar-refractivity contribution in [1.29, 1.82) is 0 Å². The van der Waals surface area contributed by atoms with Gasteiger partial charge >= 0.3 is 0 Å². The first kappa shape index (κ1) is 18.7. The molecule has 27 heavy (non-hydrogen) atoms. The summed E-state index contributed by atoms with van der Waals surface area (Å²) in [4.78, 5) is 53.3. The van der Waals surface area contributed by atoms with Crippen LogP contribution in [0.5, 0.6) is 0 Å². The Morgan fingerprint density at radius 2 is 1.74 bits per heavy atom. The van der Waals surface area contributed by atoms with E-state index in [1.54, 1.807) is 36.4 Å². The minimum atomic E-state index is -0.505. The van der Waals surface area contributed by atoms with Gasteiger partial charge in [0.1, 0.15) is 12.2 Å². The summed E-state index contributed by atoms with van der Waals surface area (Å²) in [6.07, 6.45) is 1.51. The molecule has 0 radical (unpaired) electrons. The van der Waals surface area contributed by atoms with E-state index in [1.165, 1.54) is 6.20 Å². The molecule has 8 nitrogen and oxygen atoms in total. The van der Waals surface area contributed by atoms with Crippen molar-refractivity contribution in [1.82, 2.24) is 20.5 Å². The zero-order chi connectivity index (χ0) is 19.4. The van der Waals surface area contributed by atoms with Gasteiger partial charge in [0.05, 0.1) is 11.1 Å². The lowest BCUT2D eigenvalue weighted by Crippen LogP contribution is -2.42. The van der Waals surface area contributed by atoms with Gasteiger partial charge in [-0.05, 0) is 30.3 Å². The molecule has 2 N–H and O–H groups in total. The van der Waals surface area contributed by atoms with Crippen molar-refractivity contribution < 1.29 is 19.2 Å². The largest absolute Gasteiger partial charge is 0.353 e. The maximum atomic E-state index is 12.3. The first-order chi connectivity index (χ1) is 13.0. The standard InChI is InChI=1S/C18H15BrN4O4/c19-11-4-5-12-13(9-11)18(27)23(17(12)26)10-15(24)21-7-8-22-16(25)14-3-1-2-6-20-14/h1-6,9H,7-8,10H2,(H,21,24)(H,22,25). The van der Waals surface area contributed by atoms with E-state index in [0.29, 0.717) is 4.47 Å². The third kappa shape index (κ3) is 4.20. The SMILES string of the molecule is O=C(CN1C(=O)c2ccc(Br)cc2C1=O)NCCNC(=O)c1ccccn1. The monoisotopic (exact) mass is 430 g/mol. The van der Waals surface area contributed by atoms with Crippen molar-refractivity contribution in [2.45, 2.75) is 0 Å². The molecule has 0 saturated heterocycles. The van der Waals surface area contributed by atoms with E-state index >= 15 is 0 Å². The highest BCUT2D eigenvalue weighted by Crippen LogP contribution is 2.25. The Kier molecular flexibility index (Phi) is 5.60. The van der Waals surface area contributed by atoms with E-state index in [0.717, 1.165) is 4.90 Å². The average molecular weight is 431 g/mol. The Morgan fingerprint density at radius 3 is 2.48 bits per heavy atom. The molecule has 1 aliphatic heterocycles. The van der Waals surface area contributed by atoms with Crippen LogP contribution in [0.25, 0.3) is 0 Å². The molecule has 138 valence electrons. The fourth-order valence-corrected chi connectivity index (χ4v) is 2.93. The lowest BCUT2D eigenvalue weighted by Gasteiger charge is -2.13. The molecule has 0 unspecified atom stereocenters. The number of nitrogens with one attached hydrogen (secondary N) is 2. The van der Waals surface area contributed by atoms with Gasteiger partial charge in [-0.1, -0.05) is 22.0 Å². The van der Waals surface area contributed by atoms with Crippen molar-refractivity contribution in [3.05, 3.63) is 63.9 Å². The van der Waals surface area contributed by atoms with Gasteiger partial charge in [0.15, 0.2) is 0 Å². The van der Waals surface area contributed by atoms with Gasteiger partial charge in [-0.15, -0.1) is 0 Å². The van der Waals surface area contributed by atoms with Crippen LogP contribution in [0.15, 0.2) is 47.1 Å². The van der Waals surface area contributed by atoms with Crippen LogP contribution in [0.4, 0.5) is 0 Å².